The Hall–Kier alpha value is -2.98. The minimum Gasteiger partial charge on any atom is -0.493 e. The summed E-state index contributed by atoms with van der Waals surface area (Å²) in [5.41, 5.74) is 3.16. The highest BCUT2D eigenvalue weighted by atomic mass is 79.9. The van der Waals surface area contributed by atoms with Gasteiger partial charge in [-0.3, -0.25) is 14.9 Å². The van der Waals surface area contributed by atoms with Gasteiger partial charge >= 0.3 is 0 Å². The molecule has 3 rings (SSSR count). The number of amides is 1. The standard InChI is InChI=1S/C21H20BrN3O5S/c1-4-12(2)30-20-16(22)7-13(8-17(20)29-3)11-23-24-21(26)19-10-14-9-15(25(27)28)5-6-18(14)31-19/h5-12H,4H2,1-3H3,(H,24,26)/b23-11-/t12-/m1/s1. The molecule has 0 spiro atoms. The Morgan fingerprint density at radius 1 is 1.35 bits per heavy atom. The molecule has 0 radical (unpaired) electrons. The second-order valence-corrected chi connectivity index (χ2v) is 8.60. The smallest absolute Gasteiger partial charge is 0.281 e. The van der Waals surface area contributed by atoms with Crippen molar-refractivity contribution in [2.45, 2.75) is 26.4 Å². The van der Waals surface area contributed by atoms with Gasteiger partial charge in [-0.2, -0.15) is 5.10 Å². The van der Waals surface area contributed by atoms with Crippen LogP contribution in [0.25, 0.3) is 10.1 Å². The minimum absolute atomic E-state index is 0.0180. The molecule has 0 aliphatic carbocycles. The number of thiophene rings is 1. The number of hydrazone groups is 1. The number of halogens is 1. The highest BCUT2D eigenvalue weighted by molar-refractivity contribution is 9.10. The van der Waals surface area contributed by atoms with E-state index >= 15 is 0 Å². The van der Waals surface area contributed by atoms with Gasteiger partial charge in [0, 0.05) is 22.2 Å². The molecule has 1 heterocycles. The first-order valence-corrected chi connectivity index (χ1v) is 11.0. The molecular weight excluding hydrogens is 486 g/mol. The lowest BCUT2D eigenvalue weighted by Gasteiger charge is -2.17. The summed E-state index contributed by atoms with van der Waals surface area (Å²) in [5, 5.41) is 15.6. The first-order valence-electron chi connectivity index (χ1n) is 9.38. The number of carbonyl (C=O) groups is 1. The molecule has 0 saturated heterocycles. The number of rotatable bonds is 8. The van der Waals surface area contributed by atoms with E-state index in [0.29, 0.717) is 31.8 Å². The van der Waals surface area contributed by atoms with Crippen LogP contribution in [0, 0.1) is 10.1 Å². The molecule has 0 fully saturated rings. The van der Waals surface area contributed by atoms with Crippen LogP contribution in [-0.4, -0.2) is 30.3 Å². The number of nitrogens with zero attached hydrogens (tertiary/aromatic N) is 2. The maximum absolute atomic E-state index is 12.4. The van der Waals surface area contributed by atoms with Crippen LogP contribution in [0.1, 0.15) is 35.5 Å². The number of nitro groups is 1. The fraction of sp³-hybridized carbons (Fsp3) is 0.238. The van der Waals surface area contributed by atoms with E-state index in [1.165, 1.54) is 29.7 Å². The van der Waals surface area contributed by atoms with E-state index < -0.39 is 10.8 Å². The van der Waals surface area contributed by atoms with E-state index in [2.05, 4.69) is 26.5 Å². The molecule has 2 aromatic carbocycles. The largest absolute Gasteiger partial charge is 0.493 e. The highest BCUT2D eigenvalue weighted by Gasteiger charge is 2.15. The van der Waals surface area contributed by atoms with Gasteiger partial charge in [0.25, 0.3) is 11.6 Å². The molecule has 0 bridgehead atoms. The topological polar surface area (TPSA) is 103 Å². The summed E-state index contributed by atoms with van der Waals surface area (Å²) in [6.45, 7) is 4.01. The third-order valence-electron chi connectivity index (χ3n) is 4.46. The summed E-state index contributed by atoms with van der Waals surface area (Å²) in [7, 11) is 1.56. The van der Waals surface area contributed by atoms with E-state index in [0.717, 1.165) is 11.1 Å². The van der Waals surface area contributed by atoms with Crippen LogP contribution in [0.5, 0.6) is 11.5 Å². The summed E-state index contributed by atoms with van der Waals surface area (Å²) in [5.74, 6) is 0.758. The number of fused-ring (bicyclic) bond motifs is 1. The average Bonchev–Trinajstić information content (AvgIpc) is 3.18. The van der Waals surface area contributed by atoms with E-state index in [1.54, 1.807) is 25.3 Å². The summed E-state index contributed by atoms with van der Waals surface area (Å²) in [4.78, 5) is 23.3. The molecule has 0 aliphatic rings. The molecule has 10 heteroatoms. The number of ether oxygens (including phenoxy) is 2. The third kappa shape index (κ3) is 5.39. The third-order valence-corrected chi connectivity index (χ3v) is 6.16. The van der Waals surface area contributed by atoms with Gasteiger partial charge < -0.3 is 9.47 Å². The second-order valence-electron chi connectivity index (χ2n) is 6.66. The molecular formula is C21H20BrN3O5S. The van der Waals surface area contributed by atoms with Crippen LogP contribution >= 0.6 is 27.3 Å². The average molecular weight is 506 g/mol. The summed E-state index contributed by atoms with van der Waals surface area (Å²) < 4.78 is 12.8. The molecule has 1 atom stereocenters. The molecule has 0 aliphatic heterocycles. The summed E-state index contributed by atoms with van der Waals surface area (Å²) in [6, 6.07) is 9.67. The van der Waals surface area contributed by atoms with E-state index in [9.17, 15) is 14.9 Å². The van der Waals surface area contributed by atoms with Crippen molar-refractivity contribution in [1.82, 2.24) is 5.43 Å². The lowest BCUT2D eigenvalue weighted by atomic mass is 10.2. The first-order chi connectivity index (χ1) is 14.8. The highest BCUT2D eigenvalue weighted by Crippen LogP contribution is 2.37. The molecule has 31 heavy (non-hydrogen) atoms. The van der Waals surface area contributed by atoms with Gasteiger partial charge in [-0.1, -0.05) is 6.92 Å². The zero-order valence-corrected chi connectivity index (χ0v) is 19.5. The molecule has 1 N–H and O–H groups in total. The number of non-ortho nitro benzene ring substituents is 1. The van der Waals surface area contributed by atoms with Crippen molar-refractivity contribution in [1.29, 1.82) is 0 Å². The molecule has 0 saturated carbocycles. The number of hydrogen-bond acceptors (Lipinski definition) is 7. The Balaban J connectivity index is 1.74. The SMILES string of the molecule is CC[C@@H](C)Oc1c(Br)cc(/C=N\NC(=O)c2cc3cc([N+](=O)[O-])ccc3s2)cc1OC. The maximum atomic E-state index is 12.4. The molecule has 1 aromatic heterocycles. The van der Waals surface area contributed by atoms with E-state index in [1.807, 2.05) is 19.9 Å². The van der Waals surface area contributed by atoms with Crippen molar-refractivity contribution in [3.05, 3.63) is 61.4 Å². The Bertz CT molecular complexity index is 1160. The Morgan fingerprint density at radius 2 is 2.13 bits per heavy atom. The van der Waals surface area contributed by atoms with Gasteiger partial charge in [0.15, 0.2) is 11.5 Å². The van der Waals surface area contributed by atoms with Crippen LogP contribution in [0.3, 0.4) is 0 Å². The lowest BCUT2D eigenvalue weighted by molar-refractivity contribution is -0.384. The lowest BCUT2D eigenvalue weighted by Crippen LogP contribution is -2.16. The normalized spacial score (nSPS) is 12.1. The van der Waals surface area contributed by atoms with Crippen LogP contribution < -0.4 is 14.9 Å². The molecule has 8 nitrogen and oxygen atoms in total. The Morgan fingerprint density at radius 3 is 2.81 bits per heavy atom. The van der Waals surface area contributed by atoms with Crippen molar-refractivity contribution in [2.75, 3.05) is 7.11 Å². The summed E-state index contributed by atoms with van der Waals surface area (Å²) in [6.07, 6.45) is 2.39. The second kappa shape index (κ2) is 9.88. The summed E-state index contributed by atoms with van der Waals surface area (Å²) >= 11 is 4.73. The quantitative estimate of drug-likeness (QED) is 0.246. The van der Waals surface area contributed by atoms with Crippen molar-refractivity contribution in [2.24, 2.45) is 5.10 Å². The zero-order valence-electron chi connectivity index (χ0n) is 17.0. The van der Waals surface area contributed by atoms with Crippen molar-refractivity contribution in [3.63, 3.8) is 0 Å². The Labute approximate surface area is 191 Å². The minimum atomic E-state index is -0.466. The van der Waals surface area contributed by atoms with E-state index in [-0.39, 0.29) is 11.8 Å². The number of carbonyl (C=O) groups excluding carboxylic acids is 1. The monoisotopic (exact) mass is 505 g/mol. The van der Waals surface area contributed by atoms with Crippen LogP contribution in [0.4, 0.5) is 5.69 Å². The molecule has 162 valence electrons. The number of benzene rings is 2. The van der Waals surface area contributed by atoms with Crippen LogP contribution in [0.2, 0.25) is 0 Å². The van der Waals surface area contributed by atoms with Gasteiger partial charge in [-0.15, -0.1) is 11.3 Å². The Kier molecular flexibility index (Phi) is 7.24. The number of hydrogen-bond donors (Lipinski definition) is 1. The van der Waals surface area contributed by atoms with Gasteiger partial charge in [-0.25, -0.2) is 5.43 Å². The maximum Gasteiger partial charge on any atom is 0.281 e. The molecule has 1 amide bonds. The molecule has 3 aromatic rings. The van der Waals surface area contributed by atoms with Crippen molar-refractivity contribution >= 4 is 55.2 Å². The van der Waals surface area contributed by atoms with Gasteiger partial charge in [0.05, 0.1) is 33.7 Å². The number of methoxy groups -OCH3 is 1. The van der Waals surface area contributed by atoms with Crippen LogP contribution in [0.15, 0.2) is 46.0 Å². The number of nitrogens with one attached hydrogen (secondary N) is 1. The fourth-order valence-corrected chi connectivity index (χ4v) is 4.18. The first kappa shape index (κ1) is 22.7. The van der Waals surface area contributed by atoms with Gasteiger partial charge in [0.1, 0.15) is 0 Å². The predicted molar refractivity (Wildman–Crippen MR) is 125 cm³/mol. The fourth-order valence-electron chi connectivity index (χ4n) is 2.69. The van der Waals surface area contributed by atoms with Crippen molar-refractivity contribution < 1.29 is 19.2 Å². The number of nitro benzene ring substituents is 1. The van der Waals surface area contributed by atoms with E-state index in [4.69, 9.17) is 9.47 Å². The molecule has 0 unspecified atom stereocenters. The van der Waals surface area contributed by atoms with Crippen LogP contribution in [-0.2, 0) is 0 Å². The zero-order chi connectivity index (χ0) is 22.5. The van der Waals surface area contributed by atoms with Crippen molar-refractivity contribution in [3.8, 4) is 11.5 Å². The van der Waals surface area contributed by atoms with Gasteiger partial charge in [0.2, 0.25) is 0 Å². The van der Waals surface area contributed by atoms with Gasteiger partial charge in [-0.05, 0) is 59.1 Å². The predicted octanol–water partition coefficient (Wildman–Crippen LogP) is 5.52.